The normalized spacial score (nSPS) is 10.9. The standard InChI is InChI=1S/C22H17F2N3OS/c1-28-17-12-10-16(11-13-17)27-21(18-7-3-5-9-20(18)24)25-26-22(27)29-14-15-6-2-4-8-19(15)23/h2-13H,14H2,1H3. The number of ether oxygens (including phenoxy) is 1. The minimum atomic E-state index is -0.389. The highest BCUT2D eigenvalue weighted by Crippen LogP contribution is 2.31. The molecule has 29 heavy (non-hydrogen) atoms. The third-order valence-electron chi connectivity index (χ3n) is 4.39. The third-order valence-corrected chi connectivity index (χ3v) is 5.37. The summed E-state index contributed by atoms with van der Waals surface area (Å²) in [6.45, 7) is 0. The highest BCUT2D eigenvalue weighted by atomic mass is 32.2. The minimum absolute atomic E-state index is 0.273. The van der Waals surface area contributed by atoms with Gasteiger partial charge in [-0.25, -0.2) is 8.78 Å². The Hall–Kier alpha value is -3.19. The Kier molecular flexibility index (Phi) is 5.57. The van der Waals surface area contributed by atoms with Crippen molar-refractivity contribution in [3.05, 3.63) is 90.0 Å². The molecule has 0 saturated heterocycles. The van der Waals surface area contributed by atoms with E-state index in [1.54, 1.807) is 48.1 Å². The number of benzene rings is 3. The molecular formula is C22H17F2N3OS. The maximum Gasteiger partial charge on any atom is 0.196 e. The molecule has 0 bridgehead atoms. The molecule has 0 N–H and O–H groups in total. The Morgan fingerprint density at radius 3 is 2.24 bits per heavy atom. The van der Waals surface area contributed by atoms with Crippen molar-refractivity contribution in [3.63, 3.8) is 0 Å². The van der Waals surface area contributed by atoms with Crippen LogP contribution < -0.4 is 4.74 Å². The third kappa shape index (κ3) is 4.00. The van der Waals surface area contributed by atoms with E-state index in [9.17, 15) is 8.78 Å². The van der Waals surface area contributed by atoms with Crippen LogP contribution in [0.2, 0.25) is 0 Å². The molecule has 0 radical (unpaired) electrons. The lowest BCUT2D eigenvalue weighted by Gasteiger charge is -2.11. The first-order valence-corrected chi connectivity index (χ1v) is 9.87. The molecule has 0 spiro atoms. The van der Waals surface area contributed by atoms with Gasteiger partial charge in [0.15, 0.2) is 11.0 Å². The molecule has 4 nitrogen and oxygen atoms in total. The van der Waals surface area contributed by atoms with E-state index in [0.29, 0.717) is 33.6 Å². The van der Waals surface area contributed by atoms with Crippen molar-refractivity contribution in [3.8, 4) is 22.8 Å². The first kappa shape index (κ1) is 19.1. The number of halogens is 2. The van der Waals surface area contributed by atoms with Gasteiger partial charge in [0.1, 0.15) is 17.4 Å². The summed E-state index contributed by atoms with van der Waals surface area (Å²) >= 11 is 1.34. The van der Waals surface area contributed by atoms with Crippen molar-refractivity contribution in [1.29, 1.82) is 0 Å². The number of methoxy groups -OCH3 is 1. The highest BCUT2D eigenvalue weighted by Gasteiger charge is 2.19. The van der Waals surface area contributed by atoms with Crippen LogP contribution in [0.4, 0.5) is 8.78 Å². The van der Waals surface area contributed by atoms with E-state index in [1.165, 1.54) is 23.9 Å². The molecule has 146 valence electrons. The van der Waals surface area contributed by atoms with Crippen molar-refractivity contribution in [2.75, 3.05) is 7.11 Å². The second-order valence-corrected chi connectivity index (χ2v) is 7.14. The molecule has 0 fully saturated rings. The van der Waals surface area contributed by atoms with E-state index in [0.717, 1.165) is 5.69 Å². The highest BCUT2D eigenvalue weighted by molar-refractivity contribution is 7.98. The molecule has 4 rings (SSSR count). The number of hydrogen-bond donors (Lipinski definition) is 0. The summed E-state index contributed by atoms with van der Waals surface area (Å²) in [5.41, 5.74) is 1.66. The van der Waals surface area contributed by atoms with Crippen LogP contribution in [-0.4, -0.2) is 21.9 Å². The summed E-state index contributed by atoms with van der Waals surface area (Å²) in [6, 6.07) is 20.3. The quantitative estimate of drug-likeness (QED) is 0.394. The van der Waals surface area contributed by atoms with E-state index in [1.807, 2.05) is 24.3 Å². The molecule has 7 heteroatoms. The summed E-state index contributed by atoms with van der Waals surface area (Å²) in [5, 5.41) is 9.02. The fraction of sp³-hybridized carbons (Fsp3) is 0.0909. The molecule has 0 saturated carbocycles. The van der Waals surface area contributed by atoms with E-state index in [2.05, 4.69) is 10.2 Å². The molecule has 3 aromatic carbocycles. The Morgan fingerprint density at radius 2 is 1.55 bits per heavy atom. The zero-order chi connectivity index (χ0) is 20.2. The van der Waals surface area contributed by atoms with Crippen LogP contribution in [0.25, 0.3) is 17.1 Å². The van der Waals surface area contributed by atoms with E-state index in [-0.39, 0.29) is 11.6 Å². The van der Waals surface area contributed by atoms with Gasteiger partial charge in [0.05, 0.1) is 18.4 Å². The van der Waals surface area contributed by atoms with Gasteiger partial charge in [-0.3, -0.25) is 4.57 Å². The summed E-state index contributed by atoms with van der Waals surface area (Å²) in [7, 11) is 1.59. The Balaban J connectivity index is 1.76. The number of rotatable bonds is 6. The Morgan fingerprint density at radius 1 is 0.862 bits per heavy atom. The molecule has 0 amide bonds. The predicted molar refractivity (Wildman–Crippen MR) is 109 cm³/mol. The zero-order valence-corrected chi connectivity index (χ0v) is 16.4. The van der Waals surface area contributed by atoms with Crippen LogP contribution in [0.15, 0.2) is 78.0 Å². The van der Waals surface area contributed by atoms with Gasteiger partial charge in [-0.15, -0.1) is 10.2 Å². The summed E-state index contributed by atoms with van der Waals surface area (Å²) < 4.78 is 35.4. The van der Waals surface area contributed by atoms with Crippen molar-refractivity contribution >= 4 is 11.8 Å². The largest absolute Gasteiger partial charge is 0.497 e. The van der Waals surface area contributed by atoms with Crippen molar-refractivity contribution in [1.82, 2.24) is 14.8 Å². The predicted octanol–water partition coefficient (Wildman–Crippen LogP) is 5.51. The zero-order valence-electron chi connectivity index (χ0n) is 15.5. The monoisotopic (exact) mass is 409 g/mol. The molecule has 0 atom stereocenters. The number of hydrogen-bond acceptors (Lipinski definition) is 4. The van der Waals surface area contributed by atoms with Crippen LogP contribution in [0, 0.1) is 11.6 Å². The van der Waals surface area contributed by atoms with Gasteiger partial charge in [0.2, 0.25) is 0 Å². The Bertz CT molecular complexity index is 1130. The van der Waals surface area contributed by atoms with Gasteiger partial charge in [0.25, 0.3) is 0 Å². The van der Waals surface area contributed by atoms with Crippen molar-refractivity contribution in [2.24, 2.45) is 0 Å². The van der Waals surface area contributed by atoms with Crippen molar-refractivity contribution < 1.29 is 13.5 Å². The Labute approximate surface area is 171 Å². The van der Waals surface area contributed by atoms with E-state index < -0.39 is 0 Å². The van der Waals surface area contributed by atoms with Crippen LogP contribution >= 0.6 is 11.8 Å². The summed E-state index contributed by atoms with van der Waals surface area (Å²) in [4.78, 5) is 0. The van der Waals surface area contributed by atoms with Crippen LogP contribution in [0.1, 0.15) is 5.56 Å². The molecule has 1 aromatic heterocycles. The van der Waals surface area contributed by atoms with Gasteiger partial charge in [-0.1, -0.05) is 42.1 Å². The fourth-order valence-corrected chi connectivity index (χ4v) is 3.84. The van der Waals surface area contributed by atoms with E-state index >= 15 is 0 Å². The summed E-state index contributed by atoms with van der Waals surface area (Å²) in [5.74, 6) is 0.794. The van der Waals surface area contributed by atoms with Gasteiger partial charge in [-0.05, 0) is 48.0 Å². The average Bonchev–Trinajstić information content (AvgIpc) is 3.17. The van der Waals surface area contributed by atoms with Crippen LogP contribution in [0.3, 0.4) is 0 Å². The topological polar surface area (TPSA) is 39.9 Å². The lowest BCUT2D eigenvalue weighted by molar-refractivity contribution is 0.414. The first-order valence-electron chi connectivity index (χ1n) is 8.88. The molecule has 0 aliphatic carbocycles. The van der Waals surface area contributed by atoms with Crippen LogP contribution in [0.5, 0.6) is 5.75 Å². The molecular weight excluding hydrogens is 392 g/mol. The molecule has 0 aliphatic rings. The first-order chi connectivity index (χ1) is 14.2. The SMILES string of the molecule is COc1ccc(-n2c(SCc3ccccc3F)nnc2-c2ccccc2F)cc1. The number of aromatic nitrogens is 3. The molecule has 4 aromatic rings. The molecule has 1 heterocycles. The maximum absolute atomic E-state index is 14.4. The van der Waals surface area contributed by atoms with E-state index in [4.69, 9.17) is 4.74 Å². The fourth-order valence-electron chi connectivity index (χ4n) is 2.90. The van der Waals surface area contributed by atoms with Crippen molar-refractivity contribution in [2.45, 2.75) is 10.9 Å². The lowest BCUT2D eigenvalue weighted by atomic mass is 10.2. The van der Waals surface area contributed by atoms with Gasteiger partial charge in [-0.2, -0.15) is 0 Å². The van der Waals surface area contributed by atoms with Gasteiger partial charge < -0.3 is 4.74 Å². The average molecular weight is 409 g/mol. The molecule has 0 unspecified atom stereocenters. The summed E-state index contributed by atoms with van der Waals surface area (Å²) in [6.07, 6.45) is 0. The second kappa shape index (κ2) is 8.45. The smallest absolute Gasteiger partial charge is 0.196 e. The minimum Gasteiger partial charge on any atom is -0.497 e. The molecule has 0 aliphatic heterocycles. The maximum atomic E-state index is 14.4. The number of thioether (sulfide) groups is 1. The second-order valence-electron chi connectivity index (χ2n) is 6.20. The van der Waals surface area contributed by atoms with Gasteiger partial charge >= 0.3 is 0 Å². The van der Waals surface area contributed by atoms with Crippen LogP contribution in [-0.2, 0) is 5.75 Å². The van der Waals surface area contributed by atoms with Gasteiger partial charge in [0, 0.05) is 5.75 Å². The lowest BCUT2D eigenvalue weighted by Crippen LogP contribution is -2.01. The number of nitrogens with zero attached hydrogens (tertiary/aromatic N) is 3.